The molecule has 3 aromatic carbocycles. The Morgan fingerprint density at radius 3 is 2.42 bits per heavy atom. The Kier molecular flexibility index (Phi) is 6.62. The van der Waals surface area contributed by atoms with Gasteiger partial charge in [-0.2, -0.15) is 10.2 Å². The summed E-state index contributed by atoms with van der Waals surface area (Å²) in [6, 6.07) is 27.2. The second-order valence-corrected chi connectivity index (χ2v) is 7.40. The van der Waals surface area contributed by atoms with Crippen LogP contribution in [0, 0.1) is 12.5 Å². The van der Waals surface area contributed by atoms with E-state index in [9.17, 15) is 4.79 Å². The number of hydrogen-bond donors (Lipinski definition) is 2. The molecule has 6 nitrogen and oxygen atoms in total. The summed E-state index contributed by atoms with van der Waals surface area (Å²) in [7, 11) is 0. The van der Waals surface area contributed by atoms with Crippen molar-refractivity contribution in [3.63, 3.8) is 0 Å². The summed E-state index contributed by atoms with van der Waals surface area (Å²) < 4.78 is 0. The molecule has 1 heterocycles. The summed E-state index contributed by atoms with van der Waals surface area (Å²) in [4.78, 5) is 14.3. The molecule has 2 amide bonds. The van der Waals surface area contributed by atoms with Gasteiger partial charge < -0.3 is 10.6 Å². The molecule has 0 atom stereocenters. The molecule has 3 aromatic rings. The van der Waals surface area contributed by atoms with Crippen molar-refractivity contribution < 1.29 is 4.79 Å². The molecule has 0 radical (unpaired) electrons. The van der Waals surface area contributed by atoms with Crippen LogP contribution in [-0.4, -0.2) is 12.6 Å². The number of carbonyl (C=O) groups excluding carboxylic acids is 1. The topological polar surface area (TPSA) is 69.1 Å². The first-order chi connectivity index (χ1) is 16.1. The molecular weight excluding hydrogens is 410 g/mol. The monoisotopic (exact) mass is 433 g/mol. The third-order valence-corrected chi connectivity index (χ3v) is 5.03. The van der Waals surface area contributed by atoms with Gasteiger partial charge in [-0.05, 0) is 60.5 Å². The van der Waals surface area contributed by atoms with Gasteiger partial charge in [-0.15, -0.1) is 0 Å². The first kappa shape index (κ1) is 21.6. The lowest BCUT2D eigenvalue weighted by molar-refractivity contribution is 0.262. The lowest BCUT2D eigenvalue weighted by Crippen LogP contribution is -2.19. The molecule has 2 N–H and O–H groups in total. The number of azo groups is 1. The molecule has 0 fully saturated rings. The van der Waals surface area contributed by atoms with E-state index in [1.807, 2.05) is 98.1 Å². The van der Waals surface area contributed by atoms with Crippen molar-refractivity contribution in [2.75, 3.05) is 22.1 Å². The van der Waals surface area contributed by atoms with Crippen LogP contribution in [0.1, 0.15) is 18.1 Å². The van der Waals surface area contributed by atoms with Gasteiger partial charge in [0.1, 0.15) is 0 Å². The highest BCUT2D eigenvalue weighted by Gasteiger charge is 2.09. The Morgan fingerprint density at radius 1 is 1.00 bits per heavy atom. The largest absolute Gasteiger partial charge is 0.323 e. The maximum absolute atomic E-state index is 12.6. The molecule has 0 aromatic heterocycles. The molecule has 0 spiro atoms. The normalized spacial score (nSPS) is 12.6. The molecule has 4 rings (SSSR count). The summed E-state index contributed by atoms with van der Waals surface area (Å²) in [6.45, 7) is 2.56. The van der Waals surface area contributed by atoms with Gasteiger partial charge in [-0.1, -0.05) is 48.9 Å². The van der Waals surface area contributed by atoms with Gasteiger partial charge in [0, 0.05) is 29.2 Å². The number of urea groups is 1. The van der Waals surface area contributed by atoms with E-state index in [0.717, 1.165) is 28.1 Å². The molecular formula is C27H23N5O. The van der Waals surface area contributed by atoms with E-state index in [-0.39, 0.29) is 6.03 Å². The summed E-state index contributed by atoms with van der Waals surface area (Å²) in [5, 5.41) is 13.8. The number of nitrogens with one attached hydrogen (secondary N) is 2. The Balaban J connectivity index is 1.45. The summed E-state index contributed by atoms with van der Waals surface area (Å²) in [6.07, 6.45) is 9.54. The van der Waals surface area contributed by atoms with Crippen molar-refractivity contribution in [1.29, 1.82) is 0 Å². The first-order valence-electron chi connectivity index (χ1n) is 10.5. The summed E-state index contributed by atoms with van der Waals surface area (Å²) in [5.74, 6) is 0. The van der Waals surface area contributed by atoms with E-state index in [1.165, 1.54) is 0 Å². The first-order valence-corrected chi connectivity index (χ1v) is 10.5. The van der Waals surface area contributed by atoms with Gasteiger partial charge in [0.2, 0.25) is 0 Å². The van der Waals surface area contributed by atoms with Gasteiger partial charge in [0.05, 0.1) is 17.9 Å². The van der Waals surface area contributed by atoms with Crippen molar-refractivity contribution >= 4 is 34.4 Å². The Bertz CT molecular complexity index is 1290. The van der Waals surface area contributed by atoms with E-state index in [4.69, 9.17) is 6.42 Å². The van der Waals surface area contributed by atoms with E-state index in [0.29, 0.717) is 17.9 Å². The number of benzene rings is 3. The fourth-order valence-electron chi connectivity index (χ4n) is 3.40. The van der Waals surface area contributed by atoms with E-state index < -0.39 is 0 Å². The number of allylic oxidation sites excluding steroid dienone is 1. The molecule has 1 aliphatic rings. The van der Waals surface area contributed by atoms with Crippen LogP contribution in [-0.2, 0) is 0 Å². The lowest BCUT2D eigenvalue weighted by atomic mass is 10.1. The molecule has 0 aliphatic carbocycles. The van der Waals surface area contributed by atoms with Gasteiger partial charge in [0.25, 0.3) is 0 Å². The number of hydrogen-bond acceptors (Lipinski definition) is 4. The number of anilines is 3. The van der Waals surface area contributed by atoms with Crippen molar-refractivity contribution in [3.8, 4) is 12.5 Å². The highest BCUT2D eigenvalue weighted by Crippen LogP contribution is 2.24. The van der Waals surface area contributed by atoms with Crippen molar-refractivity contribution in [3.05, 3.63) is 102 Å². The zero-order chi connectivity index (χ0) is 23.0. The van der Waals surface area contributed by atoms with Crippen LogP contribution >= 0.6 is 0 Å². The minimum atomic E-state index is -0.331. The van der Waals surface area contributed by atoms with Crippen LogP contribution in [0.2, 0.25) is 0 Å². The number of rotatable bonds is 6. The van der Waals surface area contributed by atoms with Gasteiger partial charge in [0.15, 0.2) is 0 Å². The van der Waals surface area contributed by atoms with Crippen LogP contribution in [0.4, 0.5) is 21.9 Å². The van der Waals surface area contributed by atoms with Gasteiger partial charge in [-0.3, -0.25) is 4.90 Å². The number of nitrogens with zero attached hydrogens (tertiary/aromatic N) is 3. The average Bonchev–Trinajstić information content (AvgIpc) is 3.38. The zero-order valence-corrected chi connectivity index (χ0v) is 18.2. The van der Waals surface area contributed by atoms with Crippen molar-refractivity contribution in [1.82, 2.24) is 0 Å². The number of carbonyl (C=O) groups is 1. The third-order valence-electron chi connectivity index (χ3n) is 5.03. The fourth-order valence-corrected chi connectivity index (χ4v) is 3.40. The molecule has 1 aliphatic heterocycles. The van der Waals surface area contributed by atoms with Gasteiger partial charge >= 0.3 is 6.03 Å². The SMILES string of the molecule is C#CN(/C=C(\C)c1cccc(NC(=O)Nc2cccc(C3=CCN=N3)c2)c1)c1ccccc1. The highest BCUT2D eigenvalue weighted by atomic mass is 16.2. The second kappa shape index (κ2) is 10.1. The number of para-hydroxylation sites is 1. The van der Waals surface area contributed by atoms with Gasteiger partial charge in [-0.25, -0.2) is 4.79 Å². The summed E-state index contributed by atoms with van der Waals surface area (Å²) in [5.41, 5.74) is 5.89. The summed E-state index contributed by atoms with van der Waals surface area (Å²) >= 11 is 0. The second-order valence-electron chi connectivity index (χ2n) is 7.40. The smallest absolute Gasteiger partial charge is 0.308 e. The Labute approximate surface area is 193 Å². The predicted molar refractivity (Wildman–Crippen MR) is 135 cm³/mol. The maximum atomic E-state index is 12.6. The Hall–Kier alpha value is -4.63. The Morgan fingerprint density at radius 2 is 1.73 bits per heavy atom. The van der Waals surface area contributed by atoms with E-state index in [2.05, 4.69) is 26.9 Å². The van der Waals surface area contributed by atoms with Crippen molar-refractivity contribution in [2.45, 2.75) is 6.92 Å². The maximum Gasteiger partial charge on any atom is 0.323 e. The molecule has 162 valence electrons. The fraction of sp³-hybridized carbons (Fsp3) is 0.0741. The molecule has 0 unspecified atom stereocenters. The number of amides is 2. The molecule has 0 saturated heterocycles. The van der Waals surface area contributed by atoms with Crippen LogP contribution in [0.5, 0.6) is 0 Å². The van der Waals surface area contributed by atoms with E-state index in [1.54, 1.807) is 4.90 Å². The highest BCUT2D eigenvalue weighted by molar-refractivity contribution is 6.00. The van der Waals surface area contributed by atoms with Crippen LogP contribution < -0.4 is 15.5 Å². The number of terminal acetylenes is 1. The minimum absolute atomic E-state index is 0.331. The van der Waals surface area contributed by atoms with Crippen LogP contribution in [0.25, 0.3) is 11.3 Å². The standard InChI is InChI=1S/C27H23N5O/c1-3-32(25-13-5-4-6-14-25)19-20(2)21-9-7-11-23(17-21)29-27(33)30-24-12-8-10-22(18-24)26-15-16-28-31-26/h1,4-15,17-19H,16H2,2H3,(H2,29,30,33)/b20-19+. The molecule has 33 heavy (non-hydrogen) atoms. The van der Waals surface area contributed by atoms with Crippen molar-refractivity contribution in [2.24, 2.45) is 10.2 Å². The lowest BCUT2D eigenvalue weighted by Gasteiger charge is -2.15. The molecule has 0 bridgehead atoms. The van der Waals surface area contributed by atoms with E-state index >= 15 is 0 Å². The minimum Gasteiger partial charge on any atom is -0.308 e. The molecule has 6 heteroatoms. The third kappa shape index (κ3) is 5.54. The average molecular weight is 434 g/mol. The quantitative estimate of drug-likeness (QED) is 0.340. The predicted octanol–water partition coefficient (Wildman–Crippen LogP) is 6.60. The zero-order valence-electron chi connectivity index (χ0n) is 18.2. The van der Waals surface area contributed by atoms with Crippen LogP contribution in [0.15, 0.2) is 101 Å². The van der Waals surface area contributed by atoms with Crippen LogP contribution in [0.3, 0.4) is 0 Å². The molecule has 0 saturated carbocycles.